The topological polar surface area (TPSA) is 29.9 Å². The van der Waals surface area contributed by atoms with Crippen LogP contribution in [0.4, 0.5) is 5.69 Å². The third kappa shape index (κ3) is 1.40. The lowest BCUT2D eigenvalue weighted by Crippen LogP contribution is -1.92. The van der Waals surface area contributed by atoms with Gasteiger partial charge in [0.1, 0.15) is 0 Å². The first kappa shape index (κ1) is 9.46. The highest BCUT2D eigenvalue weighted by atomic mass is 15.3. The quantitative estimate of drug-likeness (QED) is 0.830. The van der Waals surface area contributed by atoms with Crippen molar-refractivity contribution < 1.29 is 0 Å². The Labute approximate surface area is 95.1 Å². The van der Waals surface area contributed by atoms with E-state index >= 15 is 0 Å². The van der Waals surface area contributed by atoms with Gasteiger partial charge in [-0.1, -0.05) is 12.1 Å². The number of benzene rings is 1. The fourth-order valence-electron chi connectivity index (χ4n) is 2.29. The van der Waals surface area contributed by atoms with Crippen LogP contribution < -0.4 is 5.32 Å². The summed E-state index contributed by atoms with van der Waals surface area (Å²) < 4.78 is 1.97. The molecule has 2 heterocycles. The SMILES string of the molecule is CCn1cc(-c2cccc3c2CCN3)cn1. The average Bonchev–Trinajstić information content (AvgIpc) is 2.97. The molecule has 0 amide bonds. The number of aryl methyl sites for hydroxylation is 1. The van der Waals surface area contributed by atoms with Crippen LogP contribution in [-0.4, -0.2) is 16.3 Å². The monoisotopic (exact) mass is 213 g/mol. The molecule has 1 aromatic carbocycles. The van der Waals surface area contributed by atoms with Crippen LogP contribution in [0, 0.1) is 0 Å². The number of hydrogen-bond donors (Lipinski definition) is 1. The van der Waals surface area contributed by atoms with Crippen LogP contribution in [0.5, 0.6) is 0 Å². The summed E-state index contributed by atoms with van der Waals surface area (Å²) in [6.07, 6.45) is 5.19. The molecule has 16 heavy (non-hydrogen) atoms. The van der Waals surface area contributed by atoms with Crippen molar-refractivity contribution in [3.8, 4) is 11.1 Å². The maximum absolute atomic E-state index is 4.33. The van der Waals surface area contributed by atoms with E-state index in [0.29, 0.717) is 0 Å². The molecule has 0 saturated heterocycles. The highest BCUT2D eigenvalue weighted by molar-refractivity contribution is 5.75. The smallest absolute Gasteiger partial charge is 0.0568 e. The zero-order chi connectivity index (χ0) is 11.0. The zero-order valence-corrected chi connectivity index (χ0v) is 9.40. The van der Waals surface area contributed by atoms with Gasteiger partial charge in [-0.05, 0) is 30.5 Å². The summed E-state index contributed by atoms with van der Waals surface area (Å²) >= 11 is 0. The number of nitrogens with one attached hydrogen (secondary N) is 1. The Hall–Kier alpha value is -1.77. The van der Waals surface area contributed by atoms with E-state index in [1.807, 2.05) is 10.9 Å². The minimum absolute atomic E-state index is 0.924. The van der Waals surface area contributed by atoms with Crippen LogP contribution in [0.15, 0.2) is 30.6 Å². The molecule has 0 saturated carbocycles. The number of fused-ring (bicyclic) bond motifs is 1. The lowest BCUT2D eigenvalue weighted by atomic mass is 10.0. The van der Waals surface area contributed by atoms with Crippen molar-refractivity contribution in [3.63, 3.8) is 0 Å². The lowest BCUT2D eigenvalue weighted by molar-refractivity contribution is 0.660. The molecule has 1 aliphatic rings. The van der Waals surface area contributed by atoms with Crippen LogP contribution in [0.3, 0.4) is 0 Å². The molecular formula is C13H15N3. The molecule has 1 aromatic heterocycles. The number of anilines is 1. The van der Waals surface area contributed by atoms with Gasteiger partial charge in [-0.2, -0.15) is 5.10 Å². The Bertz CT molecular complexity index is 514. The zero-order valence-electron chi connectivity index (χ0n) is 9.40. The van der Waals surface area contributed by atoms with Crippen LogP contribution in [0.1, 0.15) is 12.5 Å². The molecule has 82 valence electrons. The highest BCUT2D eigenvalue weighted by Crippen LogP contribution is 2.32. The molecule has 0 fully saturated rings. The Balaban J connectivity index is 2.09. The summed E-state index contributed by atoms with van der Waals surface area (Å²) in [5.41, 5.74) is 5.25. The van der Waals surface area contributed by atoms with Gasteiger partial charge in [0.15, 0.2) is 0 Å². The molecule has 1 aliphatic heterocycles. The first-order chi connectivity index (χ1) is 7.88. The first-order valence-electron chi connectivity index (χ1n) is 5.77. The van der Waals surface area contributed by atoms with Crippen LogP contribution in [-0.2, 0) is 13.0 Å². The Morgan fingerprint density at radius 2 is 2.38 bits per heavy atom. The van der Waals surface area contributed by atoms with Crippen molar-refractivity contribution in [2.24, 2.45) is 0 Å². The molecule has 0 aliphatic carbocycles. The van der Waals surface area contributed by atoms with Crippen molar-refractivity contribution >= 4 is 5.69 Å². The third-order valence-electron chi connectivity index (χ3n) is 3.13. The Morgan fingerprint density at radius 1 is 1.44 bits per heavy atom. The van der Waals surface area contributed by atoms with E-state index in [2.05, 4.69) is 41.7 Å². The highest BCUT2D eigenvalue weighted by Gasteiger charge is 2.15. The summed E-state index contributed by atoms with van der Waals surface area (Å²) in [6.45, 7) is 4.08. The Kier molecular flexibility index (Phi) is 2.17. The maximum atomic E-state index is 4.33. The van der Waals surface area contributed by atoms with Crippen LogP contribution in [0.2, 0.25) is 0 Å². The summed E-state index contributed by atoms with van der Waals surface area (Å²) in [5, 5.41) is 7.74. The maximum Gasteiger partial charge on any atom is 0.0568 e. The lowest BCUT2D eigenvalue weighted by Gasteiger charge is -2.05. The normalized spacial score (nSPS) is 13.6. The summed E-state index contributed by atoms with van der Waals surface area (Å²) in [5.74, 6) is 0. The van der Waals surface area contributed by atoms with Gasteiger partial charge in [-0.25, -0.2) is 0 Å². The van der Waals surface area contributed by atoms with Crippen molar-refractivity contribution in [1.82, 2.24) is 9.78 Å². The van der Waals surface area contributed by atoms with Gasteiger partial charge in [0, 0.05) is 30.5 Å². The van der Waals surface area contributed by atoms with E-state index in [-0.39, 0.29) is 0 Å². The van der Waals surface area contributed by atoms with Crippen molar-refractivity contribution in [3.05, 3.63) is 36.2 Å². The van der Waals surface area contributed by atoms with E-state index < -0.39 is 0 Å². The number of hydrogen-bond acceptors (Lipinski definition) is 2. The van der Waals surface area contributed by atoms with Gasteiger partial charge in [0.2, 0.25) is 0 Å². The molecule has 0 atom stereocenters. The second-order valence-electron chi connectivity index (χ2n) is 4.09. The van der Waals surface area contributed by atoms with Gasteiger partial charge in [-0.3, -0.25) is 4.68 Å². The van der Waals surface area contributed by atoms with Gasteiger partial charge in [-0.15, -0.1) is 0 Å². The van der Waals surface area contributed by atoms with Crippen molar-refractivity contribution in [2.75, 3.05) is 11.9 Å². The van der Waals surface area contributed by atoms with Gasteiger partial charge in [0.25, 0.3) is 0 Å². The minimum atomic E-state index is 0.924. The summed E-state index contributed by atoms with van der Waals surface area (Å²) in [7, 11) is 0. The second kappa shape index (κ2) is 3.67. The predicted molar refractivity (Wildman–Crippen MR) is 65.5 cm³/mol. The minimum Gasteiger partial charge on any atom is -0.384 e. The molecule has 3 heteroatoms. The first-order valence-corrected chi connectivity index (χ1v) is 5.77. The number of nitrogens with zero attached hydrogens (tertiary/aromatic N) is 2. The largest absolute Gasteiger partial charge is 0.384 e. The molecular weight excluding hydrogens is 198 g/mol. The molecule has 2 aromatic rings. The molecule has 0 unspecified atom stereocenters. The van der Waals surface area contributed by atoms with Crippen LogP contribution >= 0.6 is 0 Å². The number of aromatic nitrogens is 2. The molecule has 1 N–H and O–H groups in total. The van der Waals surface area contributed by atoms with Crippen molar-refractivity contribution in [2.45, 2.75) is 19.9 Å². The molecule has 0 radical (unpaired) electrons. The summed E-state index contributed by atoms with van der Waals surface area (Å²) in [6, 6.07) is 6.44. The van der Waals surface area contributed by atoms with E-state index in [4.69, 9.17) is 0 Å². The molecule has 3 nitrogen and oxygen atoms in total. The fourth-order valence-corrected chi connectivity index (χ4v) is 2.29. The molecule has 0 bridgehead atoms. The molecule has 3 rings (SSSR count). The van der Waals surface area contributed by atoms with Gasteiger partial charge in [0.05, 0.1) is 6.20 Å². The average molecular weight is 213 g/mol. The van der Waals surface area contributed by atoms with E-state index in [0.717, 1.165) is 19.5 Å². The van der Waals surface area contributed by atoms with Gasteiger partial charge >= 0.3 is 0 Å². The number of rotatable bonds is 2. The van der Waals surface area contributed by atoms with Gasteiger partial charge < -0.3 is 5.32 Å². The van der Waals surface area contributed by atoms with E-state index in [9.17, 15) is 0 Å². The van der Waals surface area contributed by atoms with Crippen LogP contribution in [0.25, 0.3) is 11.1 Å². The standard InChI is InChI=1S/C13H15N3/c1-2-16-9-10(8-15-16)11-4-3-5-13-12(11)6-7-14-13/h3-5,8-9,14H,2,6-7H2,1H3. The second-order valence-corrected chi connectivity index (χ2v) is 4.09. The van der Waals surface area contributed by atoms with E-state index in [1.165, 1.54) is 22.4 Å². The molecule has 0 spiro atoms. The van der Waals surface area contributed by atoms with E-state index in [1.54, 1.807) is 0 Å². The fraction of sp³-hybridized carbons (Fsp3) is 0.308. The Morgan fingerprint density at radius 3 is 3.19 bits per heavy atom. The predicted octanol–water partition coefficient (Wildman–Crippen LogP) is 2.54. The third-order valence-corrected chi connectivity index (χ3v) is 3.13. The summed E-state index contributed by atoms with van der Waals surface area (Å²) in [4.78, 5) is 0. The van der Waals surface area contributed by atoms with Crippen molar-refractivity contribution in [1.29, 1.82) is 0 Å².